The molecule has 1 aromatic rings. The average molecular weight is 335 g/mol. The maximum atomic E-state index is 11.4. The molecule has 0 bridgehead atoms. The molecule has 0 saturated carbocycles. The van der Waals surface area contributed by atoms with Gasteiger partial charge in [-0.05, 0) is 30.2 Å². The Balaban J connectivity index is 2.26. The van der Waals surface area contributed by atoms with E-state index in [1.165, 1.54) is 0 Å². The third-order valence-electron chi connectivity index (χ3n) is 3.24. The van der Waals surface area contributed by atoms with Crippen LogP contribution < -0.4 is 4.74 Å². The maximum Gasteiger partial charge on any atom is 0.150 e. The highest BCUT2D eigenvalue weighted by Gasteiger charge is 2.34. The monoisotopic (exact) mass is 334 g/mol. The molecule has 2 rings (SSSR count). The first-order valence-corrected chi connectivity index (χ1v) is 8.26. The van der Waals surface area contributed by atoms with E-state index in [2.05, 4.69) is 15.9 Å². The third-order valence-corrected chi connectivity index (χ3v) is 5.75. The molecular weight excluding hydrogens is 320 g/mol. The zero-order valence-corrected chi connectivity index (χ0v) is 12.4. The molecule has 2 unspecified atom stereocenters. The SMILES string of the molecule is COc1ccc(Br)c(C(O)C2CCS(=O)(=O)C2)c1. The molecule has 1 aromatic carbocycles. The number of halogens is 1. The summed E-state index contributed by atoms with van der Waals surface area (Å²) in [6.45, 7) is 0. The van der Waals surface area contributed by atoms with Crippen LogP contribution in [0.5, 0.6) is 5.75 Å². The van der Waals surface area contributed by atoms with E-state index in [0.717, 1.165) is 4.47 Å². The van der Waals surface area contributed by atoms with Crippen molar-refractivity contribution in [3.8, 4) is 5.75 Å². The zero-order chi connectivity index (χ0) is 13.3. The number of aliphatic hydroxyl groups is 1. The molecule has 1 aliphatic rings. The highest BCUT2D eigenvalue weighted by Crippen LogP contribution is 2.36. The number of rotatable bonds is 3. The van der Waals surface area contributed by atoms with Gasteiger partial charge in [-0.1, -0.05) is 15.9 Å². The minimum absolute atomic E-state index is 0.0534. The Morgan fingerprint density at radius 1 is 1.50 bits per heavy atom. The standard InChI is InChI=1S/C12H15BrO4S/c1-17-9-2-3-11(13)10(6-9)12(14)8-4-5-18(15,16)7-8/h2-3,6,8,12,14H,4-5,7H2,1H3. The molecule has 1 aliphatic heterocycles. The van der Waals surface area contributed by atoms with Crippen LogP contribution in [0.15, 0.2) is 22.7 Å². The topological polar surface area (TPSA) is 63.6 Å². The minimum Gasteiger partial charge on any atom is -0.497 e. The van der Waals surface area contributed by atoms with Crippen molar-refractivity contribution < 1.29 is 18.3 Å². The lowest BCUT2D eigenvalue weighted by Crippen LogP contribution is -2.14. The number of ether oxygens (including phenoxy) is 1. The fraction of sp³-hybridized carbons (Fsp3) is 0.500. The first kappa shape index (κ1) is 13.8. The van der Waals surface area contributed by atoms with E-state index in [9.17, 15) is 13.5 Å². The lowest BCUT2D eigenvalue weighted by molar-refractivity contribution is 0.120. The molecule has 4 nitrogen and oxygen atoms in total. The van der Waals surface area contributed by atoms with Crippen molar-refractivity contribution in [2.45, 2.75) is 12.5 Å². The van der Waals surface area contributed by atoms with Crippen molar-refractivity contribution in [2.24, 2.45) is 5.92 Å². The van der Waals surface area contributed by atoms with Gasteiger partial charge in [-0.15, -0.1) is 0 Å². The van der Waals surface area contributed by atoms with Gasteiger partial charge in [0.2, 0.25) is 0 Å². The van der Waals surface area contributed by atoms with E-state index < -0.39 is 15.9 Å². The van der Waals surface area contributed by atoms with Crippen molar-refractivity contribution in [1.82, 2.24) is 0 Å². The smallest absolute Gasteiger partial charge is 0.150 e. The predicted octanol–water partition coefficient (Wildman–Crippen LogP) is 1.93. The van der Waals surface area contributed by atoms with E-state index in [1.807, 2.05) is 0 Å². The molecule has 0 aromatic heterocycles. The molecule has 0 amide bonds. The van der Waals surface area contributed by atoms with E-state index in [4.69, 9.17) is 4.74 Å². The van der Waals surface area contributed by atoms with Gasteiger partial charge >= 0.3 is 0 Å². The Labute approximate surface area is 115 Å². The molecule has 100 valence electrons. The predicted molar refractivity (Wildman–Crippen MR) is 72.4 cm³/mol. The lowest BCUT2D eigenvalue weighted by atomic mass is 9.95. The average Bonchev–Trinajstić information content (AvgIpc) is 2.69. The molecular formula is C12H15BrO4S. The van der Waals surface area contributed by atoms with E-state index in [0.29, 0.717) is 17.7 Å². The van der Waals surface area contributed by atoms with Crippen LogP contribution in [-0.2, 0) is 9.84 Å². The molecule has 6 heteroatoms. The van der Waals surface area contributed by atoms with Crippen LogP contribution >= 0.6 is 15.9 Å². The van der Waals surface area contributed by atoms with E-state index in [1.54, 1.807) is 25.3 Å². The third kappa shape index (κ3) is 2.87. The number of hydrogen-bond acceptors (Lipinski definition) is 4. The van der Waals surface area contributed by atoms with Crippen molar-refractivity contribution in [3.63, 3.8) is 0 Å². The summed E-state index contributed by atoms with van der Waals surface area (Å²) < 4.78 is 28.8. The molecule has 0 radical (unpaired) electrons. The van der Waals surface area contributed by atoms with Gasteiger partial charge in [-0.25, -0.2) is 8.42 Å². The summed E-state index contributed by atoms with van der Waals surface area (Å²) in [5.41, 5.74) is 0.677. The van der Waals surface area contributed by atoms with Crippen LogP contribution in [0.2, 0.25) is 0 Å². The zero-order valence-electron chi connectivity index (χ0n) is 9.97. The lowest BCUT2D eigenvalue weighted by Gasteiger charge is -2.19. The van der Waals surface area contributed by atoms with Gasteiger partial charge in [0.1, 0.15) is 5.75 Å². The summed E-state index contributed by atoms with van der Waals surface area (Å²) in [6, 6.07) is 5.31. The summed E-state index contributed by atoms with van der Waals surface area (Å²) in [7, 11) is -1.43. The number of methoxy groups -OCH3 is 1. The minimum atomic E-state index is -2.98. The highest BCUT2D eigenvalue weighted by atomic mass is 79.9. The molecule has 18 heavy (non-hydrogen) atoms. The fourth-order valence-corrected chi connectivity index (χ4v) is 4.51. The van der Waals surface area contributed by atoms with Gasteiger partial charge in [0.15, 0.2) is 9.84 Å². The number of benzene rings is 1. The van der Waals surface area contributed by atoms with Crippen molar-refractivity contribution in [2.75, 3.05) is 18.6 Å². The summed E-state index contributed by atoms with van der Waals surface area (Å²) in [5.74, 6) is 0.625. The number of sulfone groups is 1. The Bertz CT molecular complexity index is 541. The summed E-state index contributed by atoms with van der Waals surface area (Å²) in [4.78, 5) is 0. The molecule has 0 spiro atoms. The molecule has 1 fully saturated rings. The van der Waals surface area contributed by atoms with Crippen LogP contribution in [0.4, 0.5) is 0 Å². The van der Waals surface area contributed by atoms with Gasteiger partial charge in [0.05, 0.1) is 24.7 Å². The Morgan fingerprint density at radius 3 is 2.78 bits per heavy atom. The number of aliphatic hydroxyl groups excluding tert-OH is 1. The van der Waals surface area contributed by atoms with Crippen molar-refractivity contribution in [3.05, 3.63) is 28.2 Å². The molecule has 0 aliphatic carbocycles. The first-order chi connectivity index (χ1) is 8.43. The van der Waals surface area contributed by atoms with Gasteiger partial charge in [0.25, 0.3) is 0 Å². The van der Waals surface area contributed by atoms with Crippen LogP contribution in [0.25, 0.3) is 0 Å². The second-order valence-electron chi connectivity index (χ2n) is 4.50. The highest BCUT2D eigenvalue weighted by molar-refractivity contribution is 9.10. The van der Waals surface area contributed by atoms with Crippen LogP contribution in [-0.4, -0.2) is 32.1 Å². The van der Waals surface area contributed by atoms with Gasteiger partial charge < -0.3 is 9.84 Å². The number of hydrogen-bond donors (Lipinski definition) is 1. The van der Waals surface area contributed by atoms with Crippen LogP contribution in [0.1, 0.15) is 18.1 Å². The summed E-state index contributed by atoms with van der Waals surface area (Å²) in [6.07, 6.45) is -0.278. The van der Waals surface area contributed by atoms with E-state index >= 15 is 0 Å². The van der Waals surface area contributed by atoms with Crippen molar-refractivity contribution >= 4 is 25.8 Å². The Morgan fingerprint density at radius 2 is 2.22 bits per heavy atom. The molecule has 2 atom stereocenters. The maximum absolute atomic E-state index is 11.4. The summed E-state index contributed by atoms with van der Waals surface area (Å²) >= 11 is 3.37. The summed E-state index contributed by atoms with van der Waals surface area (Å²) in [5, 5.41) is 10.3. The second-order valence-corrected chi connectivity index (χ2v) is 7.58. The molecule has 1 heterocycles. The molecule has 1 saturated heterocycles. The quantitative estimate of drug-likeness (QED) is 0.917. The van der Waals surface area contributed by atoms with Gasteiger partial charge in [-0.2, -0.15) is 0 Å². The van der Waals surface area contributed by atoms with Crippen LogP contribution in [0.3, 0.4) is 0 Å². The van der Waals surface area contributed by atoms with Gasteiger partial charge in [-0.3, -0.25) is 0 Å². The normalized spacial score (nSPS) is 23.8. The molecule has 1 N–H and O–H groups in total. The first-order valence-electron chi connectivity index (χ1n) is 5.65. The Hall–Kier alpha value is -0.590. The van der Waals surface area contributed by atoms with E-state index in [-0.39, 0.29) is 17.4 Å². The van der Waals surface area contributed by atoms with Gasteiger partial charge in [0, 0.05) is 10.4 Å². The largest absolute Gasteiger partial charge is 0.497 e. The van der Waals surface area contributed by atoms with Crippen molar-refractivity contribution in [1.29, 1.82) is 0 Å². The fourth-order valence-electron chi connectivity index (χ4n) is 2.20. The Kier molecular flexibility index (Phi) is 3.99. The van der Waals surface area contributed by atoms with Crippen LogP contribution in [0, 0.1) is 5.92 Å². The second kappa shape index (κ2) is 5.19.